The van der Waals surface area contributed by atoms with Crippen LogP contribution in [0.3, 0.4) is 0 Å². The highest BCUT2D eigenvalue weighted by molar-refractivity contribution is 5.18. The summed E-state index contributed by atoms with van der Waals surface area (Å²) in [5, 5.41) is 9.96. The average Bonchev–Trinajstić information content (AvgIpc) is 2.31. The van der Waals surface area contributed by atoms with Gasteiger partial charge in [-0.15, -0.1) is 0 Å². The molecule has 2 heteroatoms. The topological polar surface area (TPSA) is 55.2 Å². The van der Waals surface area contributed by atoms with Crippen molar-refractivity contribution < 1.29 is 5.11 Å². The second-order valence-corrected chi connectivity index (χ2v) is 4.03. The summed E-state index contributed by atoms with van der Waals surface area (Å²) in [6.07, 6.45) is 1.13. The van der Waals surface area contributed by atoms with Crippen molar-refractivity contribution in [3.05, 3.63) is 71.8 Å². The van der Waals surface area contributed by atoms with Gasteiger partial charge in [0.15, 0.2) is 0 Å². The fraction of sp³-hybridized carbons (Fsp3) is 0.200. The smallest absolute Gasteiger partial charge is 0.0620 e. The molecule has 0 aliphatic rings. The zero-order chi connectivity index (χ0) is 11.2. The summed E-state index contributed by atoms with van der Waals surface area (Å²) in [7, 11) is 0. The van der Waals surface area contributed by atoms with E-state index in [9.17, 15) is 5.11 Å². The number of benzene rings is 2. The summed E-state index contributed by atoms with van der Waals surface area (Å²) in [6, 6.07) is 20.2. The Labute approximate surface area is 103 Å². The molecule has 0 saturated carbocycles. The molecule has 0 aliphatic heterocycles. The van der Waals surface area contributed by atoms with Crippen molar-refractivity contribution in [3.63, 3.8) is 0 Å². The van der Waals surface area contributed by atoms with Gasteiger partial charge in [0, 0.05) is 0 Å². The monoisotopic (exact) mass is 229 g/mol. The van der Waals surface area contributed by atoms with E-state index in [2.05, 4.69) is 0 Å². The van der Waals surface area contributed by atoms with E-state index in [4.69, 9.17) is 0 Å². The van der Waals surface area contributed by atoms with Gasteiger partial charge in [0.2, 0.25) is 0 Å². The Kier molecular flexibility index (Phi) is 5.40. The molecule has 2 nitrogen and oxygen atoms in total. The fourth-order valence-electron chi connectivity index (χ4n) is 1.84. The molecule has 0 aliphatic carbocycles. The molecule has 2 rings (SSSR count). The summed E-state index contributed by atoms with van der Waals surface area (Å²) in [5.74, 6) is 0. The first-order valence-electron chi connectivity index (χ1n) is 5.60. The van der Waals surface area contributed by atoms with E-state index in [-0.39, 0.29) is 12.3 Å². The summed E-state index contributed by atoms with van der Waals surface area (Å²) in [5.41, 5.74) is 2.37. The van der Waals surface area contributed by atoms with Gasteiger partial charge in [0.25, 0.3) is 0 Å². The van der Waals surface area contributed by atoms with E-state index in [1.165, 1.54) is 11.1 Å². The van der Waals surface area contributed by atoms with E-state index < -0.39 is 0 Å². The number of aliphatic hydroxyl groups excluding tert-OH is 1. The third-order valence-electron chi connectivity index (χ3n) is 2.63. The SMILES string of the molecule is N.OC(Cc1ccccc1)Cc1ccccc1. The Balaban J connectivity index is 0.00000144. The van der Waals surface area contributed by atoms with Crippen LogP contribution in [0.4, 0.5) is 0 Å². The first-order valence-corrected chi connectivity index (χ1v) is 5.60. The van der Waals surface area contributed by atoms with Gasteiger partial charge in [-0.25, -0.2) is 0 Å². The van der Waals surface area contributed by atoms with Gasteiger partial charge in [-0.05, 0) is 24.0 Å². The molecule has 0 aromatic heterocycles. The highest BCUT2D eigenvalue weighted by Gasteiger charge is 2.05. The molecule has 0 atom stereocenters. The minimum absolute atomic E-state index is 0. The van der Waals surface area contributed by atoms with E-state index in [0.29, 0.717) is 0 Å². The molecule has 2 aromatic rings. The predicted molar refractivity (Wildman–Crippen MR) is 71.3 cm³/mol. The Morgan fingerprint density at radius 1 is 0.706 bits per heavy atom. The molecule has 0 unspecified atom stereocenters. The largest absolute Gasteiger partial charge is 0.392 e. The maximum absolute atomic E-state index is 9.96. The number of hydrogen-bond donors (Lipinski definition) is 2. The number of aliphatic hydroxyl groups is 1. The fourth-order valence-corrected chi connectivity index (χ4v) is 1.84. The minimum Gasteiger partial charge on any atom is -0.392 e. The molecule has 0 saturated heterocycles. The van der Waals surface area contributed by atoms with Gasteiger partial charge >= 0.3 is 0 Å². The molecule has 17 heavy (non-hydrogen) atoms. The lowest BCUT2D eigenvalue weighted by Gasteiger charge is -2.10. The van der Waals surface area contributed by atoms with Crippen LogP contribution >= 0.6 is 0 Å². The van der Waals surface area contributed by atoms with Crippen LogP contribution in [0.25, 0.3) is 0 Å². The summed E-state index contributed by atoms with van der Waals surface area (Å²) < 4.78 is 0. The van der Waals surface area contributed by atoms with Crippen molar-refractivity contribution in [2.24, 2.45) is 0 Å². The second-order valence-electron chi connectivity index (χ2n) is 4.03. The lowest BCUT2D eigenvalue weighted by Crippen LogP contribution is -2.13. The van der Waals surface area contributed by atoms with E-state index in [1.807, 2.05) is 60.7 Å². The molecule has 0 radical (unpaired) electrons. The van der Waals surface area contributed by atoms with Crippen LogP contribution in [-0.2, 0) is 12.8 Å². The van der Waals surface area contributed by atoms with Crippen molar-refractivity contribution in [2.45, 2.75) is 18.9 Å². The van der Waals surface area contributed by atoms with Crippen molar-refractivity contribution in [1.29, 1.82) is 0 Å². The van der Waals surface area contributed by atoms with Crippen LogP contribution in [0.15, 0.2) is 60.7 Å². The summed E-state index contributed by atoms with van der Waals surface area (Å²) in [4.78, 5) is 0. The van der Waals surface area contributed by atoms with Crippen molar-refractivity contribution in [3.8, 4) is 0 Å². The molecule has 4 N–H and O–H groups in total. The molecule has 0 fully saturated rings. The molecule has 2 aromatic carbocycles. The Hall–Kier alpha value is -1.64. The van der Waals surface area contributed by atoms with E-state index in [1.54, 1.807) is 0 Å². The van der Waals surface area contributed by atoms with Crippen molar-refractivity contribution in [1.82, 2.24) is 6.15 Å². The maximum Gasteiger partial charge on any atom is 0.0620 e. The Morgan fingerprint density at radius 3 is 1.41 bits per heavy atom. The normalized spacial score (nSPS) is 10.0. The van der Waals surface area contributed by atoms with Gasteiger partial charge in [-0.2, -0.15) is 0 Å². The third kappa shape index (κ3) is 4.39. The van der Waals surface area contributed by atoms with Gasteiger partial charge in [0.1, 0.15) is 0 Å². The Bertz CT molecular complexity index is 372. The third-order valence-corrected chi connectivity index (χ3v) is 2.63. The van der Waals surface area contributed by atoms with Gasteiger partial charge in [-0.1, -0.05) is 60.7 Å². The standard InChI is InChI=1S/C15H16O.H3N/c16-15(11-13-7-3-1-4-8-13)12-14-9-5-2-6-10-14;/h1-10,15-16H,11-12H2;1H3. The summed E-state index contributed by atoms with van der Waals surface area (Å²) >= 11 is 0. The van der Waals surface area contributed by atoms with Crippen LogP contribution in [0.2, 0.25) is 0 Å². The zero-order valence-electron chi connectivity index (χ0n) is 9.92. The highest BCUT2D eigenvalue weighted by atomic mass is 16.3. The molecule has 0 spiro atoms. The molecule has 0 amide bonds. The van der Waals surface area contributed by atoms with E-state index in [0.717, 1.165) is 12.8 Å². The molecule has 0 bridgehead atoms. The number of rotatable bonds is 4. The van der Waals surface area contributed by atoms with Crippen LogP contribution in [0.1, 0.15) is 11.1 Å². The van der Waals surface area contributed by atoms with Crippen LogP contribution in [0.5, 0.6) is 0 Å². The van der Waals surface area contributed by atoms with Gasteiger partial charge < -0.3 is 11.3 Å². The average molecular weight is 229 g/mol. The molecular formula is C15H19NO. The lowest BCUT2D eigenvalue weighted by molar-refractivity contribution is 0.175. The quantitative estimate of drug-likeness (QED) is 0.846. The Morgan fingerprint density at radius 2 is 1.06 bits per heavy atom. The van der Waals surface area contributed by atoms with Crippen LogP contribution < -0.4 is 6.15 Å². The highest BCUT2D eigenvalue weighted by Crippen LogP contribution is 2.08. The molecular weight excluding hydrogens is 210 g/mol. The summed E-state index contributed by atoms with van der Waals surface area (Å²) in [6.45, 7) is 0. The predicted octanol–water partition coefficient (Wildman–Crippen LogP) is 2.99. The first kappa shape index (κ1) is 13.4. The van der Waals surface area contributed by atoms with Gasteiger partial charge in [0.05, 0.1) is 6.10 Å². The van der Waals surface area contributed by atoms with E-state index >= 15 is 0 Å². The lowest BCUT2D eigenvalue weighted by atomic mass is 10.0. The molecule has 90 valence electrons. The first-order chi connectivity index (χ1) is 7.84. The van der Waals surface area contributed by atoms with Gasteiger partial charge in [-0.3, -0.25) is 0 Å². The van der Waals surface area contributed by atoms with Crippen LogP contribution in [0, 0.1) is 0 Å². The van der Waals surface area contributed by atoms with Crippen LogP contribution in [-0.4, -0.2) is 11.2 Å². The number of hydrogen-bond acceptors (Lipinski definition) is 2. The maximum atomic E-state index is 9.96. The minimum atomic E-state index is -0.301. The van der Waals surface area contributed by atoms with Crippen molar-refractivity contribution in [2.75, 3.05) is 0 Å². The molecule has 0 heterocycles. The van der Waals surface area contributed by atoms with Crippen molar-refractivity contribution >= 4 is 0 Å². The second kappa shape index (κ2) is 6.84. The zero-order valence-corrected chi connectivity index (χ0v) is 9.92.